The van der Waals surface area contributed by atoms with Crippen molar-refractivity contribution in [1.82, 2.24) is 15.1 Å². The molecule has 5 heteroatoms. The van der Waals surface area contributed by atoms with Crippen LogP contribution in [0, 0.1) is 0 Å². The van der Waals surface area contributed by atoms with E-state index in [9.17, 15) is 4.79 Å². The number of piperidine rings is 1. The molecule has 5 nitrogen and oxygen atoms in total. The van der Waals surface area contributed by atoms with Crippen molar-refractivity contribution < 1.29 is 4.74 Å². The van der Waals surface area contributed by atoms with Crippen molar-refractivity contribution in [3.05, 3.63) is 21.6 Å². The van der Waals surface area contributed by atoms with Crippen molar-refractivity contribution >= 4 is 0 Å². The Morgan fingerprint density at radius 2 is 2.35 bits per heavy atom. The number of fused-ring (bicyclic) bond motifs is 1. The molecule has 0 aromatic carbocycles. The first-order valence-electron chi connectivity index (χ1n) is 6.46. The van der Waals surface area contributed by atoms with Crippen LogP contribution in [-0.2, 0) is 24.3 Å². The minimum absolute atomic E-state index is 0.149. The van der Waals surface area contributed by atoms with Gasteiger partial charge in [0.1, 0.15) is 0 Å². The van der Waals surface area contributed by atoms with Crippen molar-refractivity contribution in [2.45, 2.75) is 44.9 Å². The van der Waals surface area contributed by atoms with Gasteiger partial charge < -0.3 is 10.1 Å². The quantitative estimate of drug-likeness (QED) is 0.782. The lowest BCUT2D eigenvalue weighted by Gasteiger charge is -2.23. The predicted molar refractivity (Wildman–Crippen MR) is 64.1 cm³/mol. The van der Waals surface area contributed by atoms with E-state index >= 15 is 0 Å². The molecule has 1 aromatic heterocycles. The zero-order chi connectivity index (χ0) is 11.7. The molecule has 0 saturated carbocycles. The van der Waals surface area contributed by atoms with Crippen molar-refractivity contribution in [3.63, 3.8) is 0 Å². The smallest absolute Gasteiger partial charge is 0.270 e. The third-order valence-electron chi connectivity index (χ3n) is 3.70. The van der Waals surface area contributed by atoms with E-state index in [0.717, 1.165) is 37.2 Å². The van der Waals surface area contributed by atoms with Crippen LogP contribution in [0.15, 0.2) is 4.79 Å². The standard InChI is InChI=1S/C12H19N3O2/c16-12-10-4-6-17-8-11(10)14-15(12)7-9-3-1-2-5-13-9/h9,13-14H,1-8H2. The first-order chi connectivity index (χ1) is 8.34. The molecule has 0 bridgehead atoms. The zero-order valence-electron chi connectivity index (χ0n) is 10.00. The van der Waals surface area contributed by atoms with Crippen LogP contribution in [0.25, 0.3) is 0 Å². The largest absolute Gasteiger partial charge is 0.375 e. The van der Waals surface area contributed by atoms with Crippen molar-refractivity contribution in [3.8, 4) is 0 Å². The Morgan fingerprint density at radius 3 is 3.12 bits per heavy atom. The molecule has 2 aliphatic rings. The molecule has 3 rings (SSSR count). The van der Waals surface area contributed by atoms with Gasteiger partial charge in [-0.2, -0.15) is 0 Å². The van der Waals surface area contributed by atoms with Crippen molar-refractivity contribution in [1.29, 1.82) is 0 Å². The van der Waals surface area contributed by atoms with Crippen LogP contribution in [0.2, 0.25) is 0 Å². The first kappa shape index (κ1) is 11.0. The highest BCUT2D eigenvalue weighted by atomic mass is 16.5. The first-order valence-corrected chi connectivity index (χ1v) is 6.46. The summed E-state index contributed by atoms with van der Waals surface area (Å²) in [5.41, 5.74) is 2.04. The number of rotatable bonds is 2. The molecule has 0 aliphatic carbocycles. The van der Waals surface area contributed by atoms with Gasteiger partial charge in [-0.25, -0.2) is 0 Å². The second kappa shape index (κ2) is 4.66. The minimum atomic E-state index is 0.149. The van der Waals surface area contributed by atoms with E-state index in [1.54, 1.807) is 4.68 Å². The number of hydrogen-bond acceptors (Lipinski definition) is 3. The zero-order valence-corrected chi connectivity index (χ0v) is 10.00. The number of nitrogens with zero attached hydrogens (tertiary/aromatic N) is 1. The van der Waals surface area contributed by atoms with Gasteiger partial charge in [0, 0.05) is 18.0 Å². The summed E-state index contributed by atoms with van der Waals surface area (Å²) < 4.78 is 7.11. The van der Waals surface area contributed by atoms with Gasteiger partial charge in [0.15, 0.2) is 0 Å². The molecule has 1 unspecified atom stereocenters. The van der Waals surface area contributed by atoms with E-state index < -0.39 is 0 Å². The van der Waals surface area contributed by atoms with E-state index in [-0.39, 0.29) is 5.56 Å². The van der Waals surface area contributed by atoms with Gasteiger partial charge in [-0.05, 0) is 19.4 Å². The Hall–Kier alpha value is -1.07. The maximum atomic E-state index is 12.1. The fourth-order valence-electron chi connectivity index (χ4n) is 2.73. The van der Waals surface area contributed by atoms with Gasteiger partial charge in [-0.15, -0.1) is 0 Å². The maximum Gasteiger partial charge on any atom is 0.270 e. The summed E-state index contributed by atoms with van der Waals surface area (Å²) >= 11 is 0. The topological polar surface area (TPSA) is 59.0 Å². The number of H-pyrrole nitrogens is 1. The lowest BCUT2D eigenvalue weighted by molar-refractivity contribution is 0.107. The second-order valence-corrected chi connectivity index (χ2v) is 4.93. The number of nitrogens with one attached hydrogen (secondary N) is 2. The summed E-state index contributed by atoms with van der Waals surface area (Å²) in [5, 5.41) is 6.65. The molecule has 1 atom stereocenters. The van der Waals surface area contributed by atoms with Gasteiger partial charge in [0.25, 0.3) is 5.56 Å². The molecule has 0 spiro atoms. The third kappa shape index (κ3) is 2.17. The molecule has 94 valence electrons. The number of aromatic amines is 1. The van der Waals surface area contributed by atoms with E-state index in [1.807, 2.05) is 0 Å². The molecule has 0 amide bonds. The predicted octanol–water partition coefficient (Wildman–Crippen LogP) is 0.391. The highest BCUT2D eigenvalue weighted by Crippen LogP contribution is 2.12. The SMILES string of the molecule is O=c1c2c([nH]n1CC1CCCCN1)COCC2. The van der Waals surface area contributed by atoms with Crippen LogP contribution < -0.4 is 10.9 Å². The summed E-state index contributed by atoms with van der Waals surface area (Å²) in [7, 11) is 0. The molecule has 1 fully saturated rings. The highest BCUT2D eigenvalue weighted by molar-refractivity contribution is 5.18. The Balaban J connectivity index is 1.78. The maximum absolute atomic E-state index is 12.1. The molecule has 0 radical (unpaired) electrons. The molecular formula is C12H19N3O2. The van der Waals surface area contributed by atoms with Crippen LogP contribution >= 0.6 is 0 Å². The number of aromatic nitrogens is 2. The fourth-order valence-corrected chi connectivity index (χ4v) is 2.73. The summed E-state index contributed by atoms with van der Waals surface area (Å²) in [6, 6.07) is 0.433. The van der Waals surface area contributed by atoms with E-state index in [4.69, 9.17) is 4.74 Å². The van der Waals surface area contributed by atoms with E-state index in [0.29, 0.717) is 19.3 Å². The van der Waals surface area contributed by atoms with E-state index in [2.05, 4.69) is 10.4 Å². The molecule has 2 aliphatic heterocycles. The number of ether oxygens (including phenoxy) is 1. The van der Waals surface area contributed by atoms with Crippen LogP contribution in [-0.4, -0.2) is 29.0 Å². The van der Waals surface area contributed by atoms with Gasteiger partial charge in [0.05, 0.1) is 25.5 Å². The Labute approximate surface area is 100 Å². The highest BCUT2D eigenvalue weighted by Gasteiger charge is 2.20. The number of hydrogen-bond donors (Lipinski definition) is 2. The van der Waals surface area contributed by atoms with Gasteiger partial charge in [-0.3, -0.25) is 14.6 Å². The third-order valence-corrected chi connectivity index (χ3v) is 3.70. The summed E-state index contributed by atoms with van der Waals surface area (Å²) in [6.45, 7) is 3.05. The average molecular weight is 237 g/mol. The van der Waals surface area contributed by atoms with Gasteiger partial charge in [-0.1, -0.05) is 6.42 Å². The summed E-state index contributed by atoms with van der Waals surface area (Å²) in [5.74, 6) is 0. The van der Waals surface area contributed by atoms with Crippen molar-refractivity contribution in [2.75, 3.05) is 13.2 Å². The molecule has 2 N–H and O–H groups in total. The Kier molecular flexibility index (Phi) is 3.03. The van der Waals surface area contributed by atoms with Crippen LogP contribution in [0.1, 0.15) is 30.5 Å². The lowest BCUT2D eigenvalue weighted by Crippen LogP contribution is -2.39. The summed E-state index contributed by atoms with van der Waals surface area (Å²) in [6.07, 6.45) is 4.42. The molecule has 1 aromatic rings. The average Bonchev–Trinajstić information content (AvgIpc) is 2.68. The van der Waals surface area contributed by atoms with Crippen LogP contribution in [0.3, 0.4) is 0 Å². The normalized spacial score (nSPS) is 24.6. The van der Waals surface area contributed by atoms with Gasteiger partial charge >= 0.3 is 0 Å². The second-order valence-electron chi connectivity index (χ2n) is 4.93. The van der Waals surface area contributed by atoms with E-state index in [1.165, 1.54) is 12.8 Å². The minimum Gasteiger partial charge on any atom is -0.375 e. The summed E-state index contributed by atoms with van der Waals surface area (Å²) in [4.78, 5) is 12.1. The Morgan fingerprint density at radius 1 is 1.41 bits per heavy atom. The van der Waals surface area contributed by atoms with Crippen molar-refractivity contribution in [2.24, 2.45) is 0 Å². The molecule has 3 heterocycles. The Bertz CT molecular complexity index is 443. The lowest BCUT2D eigenvalue weighted by atomic mass is 10.1. The fraction of sp³-hybridized carbons (Fsp3) is 0.750. The monoisotopic (exact) mass is 237 g/mol. The molecule has 1 saturated heterocycles. The van der Waals surface area contributed by atoms with Crippen LogP contribution in [0.4, 0.5) is 0 Å². The van der Waals surface area contributed by atoms with Gasteiger partial charge in [0.2, 0.25) is 0 Å². The van der Waals surface area contributed by atoms with Crippen LogP contribution in [0.5, 0.6) is 0 Å². The molecular weight excluding hydrogens is 218 g/mol. The molecule has 17 heavy (non-hydrogen) atoms.